The summed E-state index contributed by atoms with van der Waals surface area (Å²) >= 11 is 0. The molecule has 8 nitrogen and oxygen atoms in total. The maximum absolute atomic E-state index is 13.1. The summed E-state index contributed by atoms with van der Waals surface area (Å²) in [7, 11) is 1.78. The van der Waals surface area contributed by atoms with E-state index >= 15 is 0 Å². The fourth-order valence-electron chi connectivity index (χ4n) is 2.97. The monoisotopic (exact) mass is 407 g/mol. The molecule has 0 atom stereocenters. The van der Waals surface area contributed by atoms with Gasteiger partial charge >= 0.3 is 0 Å². The molecule has 0 saturated carbocycles. The summed E-state index contributed by atoms with van der Waals surface area (Å²) in [6, 6.07) is 13.0. The molecule has 0 radical (unpaired) electrons. The summed E-state index contributed by atoms with van der Waals surface area (Å²) in [5.41, 5.74) is 8.08. The van der Waals surface area contributed by atoms with Crippen LogP contribution in [-0.4, -0.2) is 25.8 Å². The van der Waals surface area contributed by atoms with Crippen LogP contribution >= 0.6 is 0 Å². The smallest absolute Gasteiger partial charge is 0.261 e. The molecular weight excluding hydrogens is 389 g/mol. The van der Waals surface area contributed by atoms with E-state index in [2.05, 4.69) is 15.2 Å². The third kappa shape index (κ3) is 4.19. The normalized spacial score (nSPS) is 10.9. The van der Waals surface area contributed by atoms with Crippen molar-refractivity contribution in [1.29, 1.82) is 0 Å². The Morgan fingerprint density at radius 1 is 1.23 bits per heavy atom. The third-order valence-corrected chi connectivity index (χ3v) is 4.47. The number of rotatable bonds is 7. The fourth-order valence-corrected chi connectivity index (χ4v) is 2.97. The van der Waals surface area contributed by atoms with Gasteiger partial charge in [0.05, 0.1) is 23.9 Å². The Hall–Kier alpha value is -4.01. The average molecular weight is 407 g/mol. The van der Waals surface area contributed by atoms with E-state index in [-0.39, 0.29) is 24.7 Å². The number of aryl methyl sites for hydroxylation is 1. The first-order valence-corrected chi connectivity index (χ1v) is 9.10. The molecule has 0 aliphatic carbocycles. The lowest BCUT2D eigenvalue weighted by molar-refractivity contribution is -0.117. The van der Waals surface area contributed by atoms with Crippen LogP contribution in [0.3, 0.4) is 0 Å². The lowest BCUT2D eigenvalue weighted by Gasteiger charge is -2.07. The van der Waals surface area contributed by atoms with Crippen molar-refractivity contribution in [2.45, 2.75) is 13.0 Å². The number of primary amides is 1. The predicted molar refractivity (Wildman–Crippen MR) is 106 cm³/mol. The van der Waals surface area contributed by atoms with Gasteiger partial charge in [0, 0.05) is 12.6 Å². The molecule has 9 heteroatoms. The van der Waals surface area contributed by atoms with Gasteiger partial charge < -0.3 is 15.0 Å². The molecule has 0 spiro atoms. The first-order valence-electron chi connectivity index (χ1n) is 9.10. The highest BCUT2D eigenvalue weighted by molar-refractivity contribution is 5.77. The van der Waals surface area contributed by atoms with Crippen LogP contribution in [0.1, 0.15) is 11.3 Å². The molecule has 2 N–H and O–H groups in total. The van der Waals surface area contributed by atoms with Gasteiger partial charge in [0.2, 0.25) is 11.7 Å². The molecule has 0 fully saturated rings. The Morgan fingerprint density at radius 3 is 2.80 bits per heavy atom. The van der Waals surface area contributed by atoms with Crippen LogP contribution in [0.25, 0.3) is 22.8 Å². The maximum atomic E-state index is 13.1. The minimum Gasteiger partial charge on any atom is -0.487 e. The molecule has 0 bridgehead atoms. The summed E-state index contributed by atoms with van der Waals surface area (Å²) < 4.78 is 25.9. The Balaban J connectivity index is 1.57. The number of nitrogens with zero attached hydrogens (tertiary/aromatic N) is 4. The van der Waals surface area contributed by atoms with Crippen molar-refractivity contribution in [2.24, 2.45) is 12.8 Å². The number of carbonyl (C=O) groups is 1. The van der Waals surface area contributed by atoms with Gasteiger partial charge in [-0.25, -0.2) is 4.39 Å². The van der Waals surface area contributed by atoms with Gasteiger partial charge in [0.25, 0.3) is 5.89 Å². The molecule has 0 unspecified atom stereocenters. The highest BCUT2D eigenvalue weighted by atomic mass is 19.1. The van der Waals surface area contributed by atoms with Gasteiger partial charge in [-0.05, 0) is 35.9 Å². The Labute approximate surface area is 171 Å². The molecule has 4 aromatic rings. The van der Waals surface area contributed by atoms with Crippen LogP contribution in [0.15, 0.2) is 59.3 Å². The molecule has 4 rings (SSSR count). The third-order valence-electron chi connectivity index (χ3n) is 4.47. The second-order valence-electron chi connectivity index (χ2n) is 6.64. The second kappa shape index (κ2) is 8.16. The minimum atomic E-state index is -0.415. The summed E-state index contributed by atoms with van der Waals surface area (Å²) in [5.74, 6) is 0.451. The fraction of sp³-hybridized carbons (Fsp3) is 0.143. The highest BCUT2D eigenvalue weighted by Gasteiger charge is 2.18. The van der Waals surface area contributed by atoms with Gasteiger partial charge in [-0.15, -0.1) is 0 Å². The van der Waals surface area contributed by atoms with Gasteiger partial charge in [-0.3, -0.25) is 9.48 Å². The zero-order chi connectivity index (χ0) is 21.1. The molecule has 152 valence electrons. The Bertz CT molecular complexity index is 1180. The molecule has 2 aromatic heterocycles. The Morgan fingerprint density at radius 2 is 2.03 bits per heavy atom. The molecule has 1 amide bonds. The van der Waals surface area contributed by atoms with Crippen molar-refractivity contribution in [3.05, 3.63) is 71.8 Å². The van der Waals surface area contributed by atoms with Crippen molar-refractivity contribution in [1.82, 2.24) is 19.9 Å². The van der Waals surface area contributed by atoms with Crippen molar-refractivity contribution in [2.75, 3.05) is 0 Å². The van der Waals surface area contributed by atoms with E-state index in [1.165, 1.54) is 12.1 Å². The van der Waals surface area contributed by atoms with Crippen molar-refractivity contribution < 1.29 is 18.4 Å². The summed E-state index contributed by atoms with van der Waals surface area (Å²) in [4.78, 5) is 15.6. The minimum absolute atomic E-state index is 0.131. The molecule has 30 heavy (non-hydrogen) atoms. The molecule has 0 aliphatic heterocycles. The number of benzene rings is 2. The van der Waals surface area contributed by atoms with Crippen LogP contribution in [0.5, 0.6) is 5.75 Å². The zero-order valence-corrected chi connectivity index (χ0v) is 16.1. The van der Waals surface area contributed by atoms with E-state index in [4.69, 9.17) is 15.0 Å². The highest BCUT2D eigenvalue weighted by Crippen LogP contribution is 2.26. The SMILES string of the molecule is Cn1ncc(-c2nc(-c3cccc(CC(N)=O)c3)no2)c1COc1ccc(F)cc1. The molecule has 2 aromatic carbocycles. The van der Waals surface area contributed by atoms with E-state index < -0.39 is 5.91 Å². The van der Waals surface area contributed by atoms with Crippen molar-refractivity contribution in [3.63, 3.8) is 0 Å². The quantitative estimate of drug-likeness (QED) is 0.505. The number of nitrogens with two attached hydrogens (primary N) is 1. The van der Waals surface area contributed by atoms with E-state index in [9.17, 15) is 9.18 Å². The lowest BCUT2D eigenvalue weighted by Crippen LogP contribution is -2.13. The number of aromatic nitrogens is 4. The number of ether oxygens (including phenoxy) is 1. The van der Waals surface area contributed by atoms with E-state index in [0.717, 1.165) is 11.3 Å². The van der Waals surface area contributed by atoms with Crippen LogP contribution in [0.4, 0.5) is 4.39 Å². The number of carbonyl (C=O) groups excluding carboxylic acids is 1. The van der Waals surface area contributed by atoms with Gasteiger partial charge in [-0.2, -0.15) is 10.1 Å². The van der Waals surface area contributed by atoms with Crippen LogP contribution in [-0.2, 0) is 24.9 Å². The van der Waals surface area contributed by atoms with E-state index in [1.807, 2.05) is 6.07 Å². The van der Waals surface area contributed by atoms with E-state index in [1.54, 1.807) is 48.3 Å². The van der Waals surface area contributed by atoms with Gasteiger partial charge in [0.1, 0.15) is 18.2 Å². The number of hydrogen-bond acceptors (Lipinski definition) is 6. The molecule has 0 aliphatic rings. The summed E-state index contributed by atoms with van der Waals surface area (Å²) in [6.07, 6.45) is 1.75. The van der Waals surface area contributed by atoms with Crippen molar-refractivity contribution in [3.8, 4) is 28.6 Å². The number of amides is 1. The first kappa shape index (κ1) is 19.3. The van der Waals surface area contributed by atoms with E-state index in [0.29, 0.717) is 22.7 Å². The summed E-state index contributed by atoms with van der Waals surface area (Å²) in [6.45, 7) is 0.184. The predicted octanol–water partition coefficient (Wildman–Crippen LogP) is 2.88. The zero-order valence-electron chi connectivity index (χ0n) is 16.1. The van der Waals surface area contributed by atoms with Crippen LogP contribution in [0, 0.1) is 5.82 Å². The number of hydrogen-bond donors (Lipinski definition) is 1. The molecule has 0 saturated heterocycles. The van der Waals surface area contributed by atoms with Gasteiger partial charge in [0.15, 0.2) is 0 Å². The maximum Gasteiger partial charge on any atom is 0.261 e. The topological polar surface area (TPSA) is 109 Å². The van der Waals surface area contributed by atoms with Crippen LogP contribution in [0.2, 0.25) is 0 Å². The second-order valence-corrected chi connectivity index (χ2v) is 6.64. The standard InChI is InChI=1S/C21H18FN5O3/c1-27-18(12-29-16-7-5-15(22)6-8-16)17(11-24-27)21-25-20(26-30-21)14-4-2-3-13(9-14)10-19(23)28/h2-9,11H,10,12H2,1H3,(H2,23,28). The number of halogens is 1. The van der Waals surface area contributed by atoms with Crippen LogP contribution < -0.4 is 10.5 Å². The average Bonchev–Trinajstić information content (AvgIpc) is 3.34. The Kier molecular flexibility index (Phi) is 5.25. The summed E-state index contributed by atoms with van der Waals surface area (Å²) in [5, 5.41) is 8.29. The largest absolute Gasteiger partial charge is 0.487 e. The molecule has 2 heterocycles. The lowest BCUT2D eigenvalue weighted by atomic mass is 10.1. The molecular formula is C21H18FN5O3. The van der Waals surface area contributed by atoms with Gasteiger partial charge in [-0.1, -0.05) is 23.4 Å². The first-order chi connectivity index (χ1) is 14.5. The van der Waals surface area contributed by atoms with Crippen molar-refractivity contribution >= 4 is 5.91 Å².